The molecule has 0 amide bonds. The zero-order valence-electron chi connectivity index (χ0n) is 28.9. The third kappa shape index (κ3) is 6.46. The summed E-state index contributed by atoms with van der Waals surface area (Å²) in [6, 6.07) is 12.9. The second-order valence-electron chi connectivity index (χ2n) is 15.1. The van der Waals surface area contributed by atoms with E-state index < -0.39 is 0 Å². The molecule has 1 aromatic carbocycles. The third-order valence-corrected chi connectivity index (χ3v) is 11.9. The zero-order valence-corrected chi connectivity index (χ0v) is 28.9. The van der Waals surface area contributed by atoms with Gasteiger partial charge in [-0.25, -0.2) is 4.98 Å². The molecule has 1 aliphatic carbocycles. The molecule has 3 aromatic heterocycles. The smallest absolute Gasteiger partial charge is 0.170 e. The predicted molar refractivity (Wildman–Crippen MR) is 191 cm³/mol. The second-order valence-corrected chi connectivity index (χ2v) is 15.1. The number of carbonyl (C=O) groups excluding carboxylic acids is 1. The van der Waals surface area contributed by atoms with Crippen molar-refractivity contribution in [2.45, 2.75) is 76.0 Å². The molecule has 1 saturated carbocycles. The lowest BCUT2D eigenvalue weighted by molar-refractivity contribution is -0.0419. The van der Waals surface area contributed by atoms with Crippen LogP contribution in [0.5, 0.6) is 5.75 Å². The molecule has 49 heavy (non-hydrogen) atoms. The van der Waals surface area contributed by atoms with Gasteiger partial charge in [-0.3, -0.25) is 14.8 Å². The van der Waals surface area contributed by atoms with Gasteiger partial charge in [0.2, 0.25) is 0 Å². The molecule has 4 aliphatic rings. The van der Waals surface area contributed by atoms with Crippen LogP contribution in [-0.2, 0) is 6.42 Å². The van der Waals surface area contributed by atoms with Crippen LogP contribution in [0.1, 0.15) is 73.6 Å². The summed E-state index contributed by atoms with van der Waals surface area (Å²) in [6.07, 6.45) is 13.4. The maximum absolute atomic E-state index is 13.9. The van der Waals surface area contributed by atoms with E-state index in [0.717, 1.165) is 61.2 Å². The van der Waals surface area contributed by atoms with E-state index in [-0.39, 0.29) is 24.3 Å². The minimum Gasteiger partial charge on any atom is -0.496 e. The van der Waals surface area contributed by atoms with Crippen LogP contribution < -0.4 is 9.64 Å². The van der Waals surface area contributed by atoms with Crippen LogP contribution in [0.2, 0.25) is 0 Å². The number of ketones is 1. The highest BCUT2D eigenvalue weighted by molar-refractivity contribution is 5.98. The number of anilines is 1. The van der Waals surface area contributed by atoms with Gasteiger partial charge in [0.1, 0.15) is 11.6 Å². The average Bonchev–Trinajstić information content (AvgIpc) is 3.48. The van der Waals surface area contributed by atoms with Crippen molar-refractivity contribution in [1.82, 2.24) is 29.3 Å². The van der Waals surface area contributed by atoms with Gasteiger partial charge in [0.05, 0.1) is 41.9 Å². The molecule has 4 fully saturated rings. The Morgan fingerprint density at radius 3 is 2.45 bits per heavy atom. The third-order valence-electron chi connectivity index (χ3n) is 11.9. The zero-order chi connectivity index (χ0) is 33.5. The van der Waals surface area contributed by atoms with Crippen LogP contribution in [0, 0.1) is 5.41 Å². The molecule has 0 unspecified atom stereocenters. The standard InChI is InChI=1S/C39H49N7O3/c1-43-25-39(26-43)13-19-45(20-14-39)28-11-17-44(18-12-28)30-5-8-33-35(22-30)46(29-3-6-31(47)7-4-29)38(42-33)23-36(48)27-9-16-41-34(21-27)32-24-40-15-10-37(32)49-2/h5,8-10,15-16,21-22,24,28-29,31,47H,3-4,6-7,11-14,17-20,23,25-26H2,1-2H3. The number of fused-ring (bicyclic) bond motifs is 1. The number of aliphatic hydroxyl groups excluding tert-OH is 1. The molecule has 10 nitrogen and oxygen atoms in total. The Balaban J connectivity index is 1.01. The topological polar surface area (TPSA) is 99.9 Å². The predicted octanol–water partition coefficient (Wildman–Crippen LogP) is 5.40. The Labute approximate surface area is 289 Å². The van der Waals surface area contributed by atoms with Gasteiger partial charge in [-0.05, 0) is 113 Å². The number of likely N-dealkylation sites (tertiary alicyclic amines) is 2. The Morgan fingerprint density at radius 2 is 1.71 bits per heavy atom. The van der Waals surface area contributed by atoms with Crippen LogP contribution >= 0.6 is 0 Å². The molecule has 3 aliphatic heterocycles. The number of pyridine rings is 2. The first-order valence-corrected chi connectivity index (χ1v) is 18.2. The van der Waals surface area contributed by atoms with Gasteiger partial charge >= 0.3 is 0 Å². The lowest BCUT2D eigenvalue weighted by atomic mass is 9.72. The number of rotatable bonds is 8. The maximum Gasteiger partial charge on any atom is 0.170 e. The number of hydrogen-bond acceptors (Lipinski definition) is 9. The molecule has 1 spiro atoms. The van der Waals surface area contributed by atoms with E-state index >= 15 is 0 Å². The number of methoxy groups -OCH3 is 1. The molecule has 4 aromatic rings. The summed E-state index contributed by atoms with van der Waals surface area (Å²) in [5, 5.41) is 10.3. The maximum atomic E-state index is 13.9. The van der Waals surface area contributed by atoms with Crippen molar-refractivity contribution in [2.24, 2.45) is 5.41 Å². The van der Waals surface area contributed by atoms with Gasteiger partial charge in [0.15, 0.2) is 5.78 Å². The summed E-state index contributed by atoms with van der Waals surface area (Å²) in [4.78, 5) is 35.5. The minimum absolute atomic E-state index is 0.00540. The summed E-state index contributed by atoms with van der Waals surface area (Å²) >= 11 is 0. The van der Waals surface area contributed by atoms with Crippen molar-refractivity contribution in [3.63, 3.8) is 0 Å². The van der Waals surface area contributed by atoms with E-state index in [0.29, 0.717) is 28.5 Å². The lowest BCUT2D eigenvalue weighted by Crippen LogP contribution is -2.60. The molecular formula is C39H49N7O3. The van der Waals surface area contributed by atoms with Gasteiger partial charge in [0, 0.05) is 68.1 Å². The summed E-state index contributed by atoms with van der Waals surface area (Å²) in [7, 11) is 3.87. The molecular weight excluding hydrogens is 614 g/mol. The highest BCUT2D eigenvalue weighted by Gasteiger charge is 2.44. The Morgan fingerprint density at radius 1 is 0.939 bits per heavy atom. The summed E-state index contributed by atoms with van der Waals surface area (Å²) in [5.74, 6) is 1.44. The SMILES string of the molecule is COc1ccncc1-c1cc(C(=O)Cc2nc3ccc(N4CCC(N5CCC6(CC5)CN(C)C6)CC4)cc3n2C2CCC(O)CC2)ccn1. The number of aliphatic hydroxyl groups is 1. The van der Waals surface area contributed by atoms with E-state index in [2.05, 4.69) is 54.5 Å². The van der Waals surface area contributed by atoms with Crippen LogP contribution in [-0.4, -0.2) is 106 Å². The molecule has 1 N–H and O–H groups in total. The van der Waals surface area contributed by atoms with E-state index in [1.807, 2.05) is 6.07 Å². The molecule has 6 heterocycles. The second kappa shape index (κ2) is 13.5. The van der Waals surface area contributed by atoms with Crippen LogP contribution in [0.25, 0.3) is 22.3 Å². The first-order chi connectivity index (χ1) is 23.9. The van der Waals surface area contributed by atoms with Crippen molar-refractivity contribution in [2.75, 3.05) is 58.3 Å². The number of hydrogen-bond donors (Lipinski definition) is 1. The summed E-state index contributed by atoms with van der Waals surface area (Å²) in [6.45, 7) is 7.17. The summed E-state index contributed by atoms with van der Waals surface area (Å²) in [5.41, 5.74) is 5.82. The molecule has 0 radical (unpaired) electrons. The lowest BCUT2D eigenvalue weighted by Gasteiger charge is -2.54. The first kappa shape index (κ1) is 32.4. The quantitative estimate of drug-likeness (QED) is 0.249. The van der Waals surface area contributed by atoms with Crippen molar-refractivity contribution in [3.05, 3.63) is 66.4 Å². The van der Waals surface area contributed by atoms with Gasteiger partial charge in [-0.15, -0.1) is 0 Å². The Hall–Kier alpha value is -3.86. The van der Waals surface area contributed by atoms with E-state index in [1.54, 1.807) is 37.8 Å². The van der Waals surface area contributed by atoms with Crippen LogP contribution in [0.3, 0.4) is 0 Å². The molecule has 258 valence electrons. The molecule has 0 bridgehead atoms. The molecule has 3 saturated heterocycles. The number of Topliss-reactive ketones (excluding diaryl/α,β-unsaturated/α-hetero) is 1. The fraction of sp³-hybridized carbons (Fsp3) is 0.538. The fourth-order valence-electron chi connectivity index (χ4n) is 9.19. The van der Waals surface area contributed by atoms with Crippen LogP contribution in [0.4, 0.5) is 5.69 Å². The van der Waals surface area contributed by atoms with Gasteiger partial charge in [-0.1, -0.05) is 0 Å². The van der Waals surface area contributed by atoms with Gasteiger partial charge in [0.25, 0.3) is 0 Å². The number of imidazole rings is 1. The fourth-order valence-corrected chi connectivity index (χ4v) is 9.19. The normalized spacial score (nSPS) is 23.5. The molecule has 10 heteroatoms. The molecule has 0 atom stereocenters. The highest BCUT2D eigenvalue weighted by atomic mass is 16.5. The first-order valence-electron chi connectivity index (χ1n) is 18.2. The number of aromatic nitrogens is 4. The number of benzene rings is 1. The van der Waals surface area contributed by atoms with E-state index in [9.17, 15) is 9.90 Å². The summed E-state index contributed by atoms with van der Waals surface area (Å²) < 4.78 is 7.84. The number of ether oxygens (including phenoxy) is 1. The Bertz CT molecular complexity index is 1790. The largest absolute Gasteiger partial charge is 0.496 e. The van der Waals surface area contributed by atoms with E-state index in [1.165, 1.54) is 57.5 Å². The van der Waals surface area contributed by atoms with Crippen molar-refractivity contribution >= 4 is 22.5 Å². The number of carbonyl (C=O) groups is 1. The van der Waals surface area contributed by atoms with Gasteiger partial charge in [-0.2, -0.15) is 0 Å². The minimum atomic E-state index is -0.256. The van der Waals surface area contributed by atoms with E-state index in [4.69, 9.17) is 9.72 Å². The van der Waals surface area contributed by atoms with Gasteiger partial charge < -0.3 is 29.1 Å². The monoisotopic (exact) mass is 663 g/mol. The average molecular weight is 664 g/mol. The number of piperidine rings is 2. The van der Waals surface area contributed by atoms with Crippen molar-refractivity contribution < 1.29 is 14.6 Å². The number of nitrogens with zero attached hydrogens (tertiary/aromatic N) is 7. The molecule has 8 rings (SSSR count). The highest BCUT2D eigenvalue weighted by Crippen LogP contribution is 2.41. The Kier molecular flexibility index (Phi) is 8.88. The van der Waals surface area contributed by atoms with Crippen molar-refractivity contribution in [3.8, 4) is 17.0 Å². The van der Waals surface area contributed by atoms with Crippen molar-refractivity contribution in [1.29, 1.82) is 0 Å². The van der Waals surface area contributed by atoms with Crippen LogP contribution in [0.15, 0.2) is 55.0 Å².